The highest BCUT2D eigenvalue weighted by Crippen LogP contribution is 2.29. The highest BCUT2D eigenvalue weighted by Gasteiger charge is 2.19. The molecule has 0 fully saturated rings. The third-order valence-corrected chi connectivity index (χ3v) is 2.83. The second-order valence-corrected chi connectivity index (χ2v) is 5.46. The molecular weight excluding hydrogens is 240 g/mol. The van der Waals surface area contributed by atoms with E-state index >= 15 is 0 Å². The summed E-state index contributed by atoms with van der Waals surface area (Å²) >= 11 is 0. The predicted octanol–water partition coefficient (Wildman–Crippen LogP) is 2.54. The summed E-state index contributed by atoms with van der Waals surface area (Å²) in [7, 11) is 0. The Morgan fingerprint density at radius 3 is 2.58 bits per heavy atom. The van der Waals surface area contributed by atoms with Crippen molar-refractivity contribution in [1.29, 1.82) is 0 Å². The van der Waals surface area contributed by atoms with Crippen LogP contribution < -0.4 is 11.1 Å². The molecule has 19 heavy (non-hydrogen) atoms. The number of aromatic nitrogens is 2. The van der Waals surface area contributed by atoms with Gasteiger partial charge in [-0.3, -0.25) is 9.89 Å². The van der Waals surface area contributed by atoms with Crippen molar-refractivity contribution >= 4 is 17.4 Å². The number of carbonyl (C=O) groups is 1. The summed E-state index contributed by atoms with van der Waals surface area (Å²) in [6, 6.07) is 9.26. The summed E-state index contributed by atoms with van der Waals surface area (Å²) in [5.74, 6) is 0.0511. The van der Waals surface area contributed by atoms with Gasteiger partial charge in [-0.2, -0.15) is 5.10 Å². The monoisotopic (exact) mass is 258 g/mol. The summed E-state index contributed by atoms with van der Waals surface area (Å²) in [5, 5.41) is 9.22. The van der Waals surface area contributed by atoms with Gasteiger partial charge >= 0.3 is 0 Å². The van der Waals surface area contributed by atoms with Crippen LogP contribution in [0.15, 0.2) is 30.3 Å². The van der Waals surface area contributed by atoms with E-state index in [1.165, 1.54) is 6.07 Å². The molecule has 1 aromatic heterocycles. The van der Waals surface area contributed by atoms with Crippen LogP contribution in [-0.4, -0.2) is 16.1 Å². The number of anilines is 2. The number of nitrogens with zero attached hydrogens (tertiary/aromatic N) is 1. The summed E-state index contributed by atoms with van der Waals surface area (Å²) in [6.45, 7) is 6.31. The molecule has 0 aliphatic rings. The van der Waals surface area contributed by atoms with Crippen LogP contribution in [0.1, 0.15) is 36.8 Å². The number of hydrogen-bond acceptors (Lipinski definition) is 3. The molecule has 100 valence electrons. The molecule has 5 nitrogen and oxygen atoms in total. The number of hydrogen-bond donors (Lipinski definition) is 3. The van der Waals surface area contributed by atoms with Crippen molar-refractivity contribution in [3.05, 3.63) is 41.6 Å². The Labute approximate surface area is 112 Å². The fourth-order valence-electron chi connectivity index (χ4n) is 1.89. The first-order valence-corrected chi connectivity index (χ1v) is 6.09. The maximum atomic E-state index is 12.1. The van der Waals surface area contributed by atoms with E-state index in [-0.39, 0.29) is 11.3 Å². The van der Waals surface area contributed by atoms with E-state index in [1.807, 2.05) is 24.3 Å². The van der Waals surface area contributed by atoms with Gasteiger partial charge in [0.15, 0.2) is 0 Å². The first-order chi connectivity index (χ1) is 8.88. The number of nitrogen functional groups attached to an aromatic ring is 1. The van der Waals surface area contributed by atoms with Gasteiger partial charge in [0.1, 0.15) is 11.5 Å². The molecule has 0 unspecified atom stereocenters. The number of aromatic amines is 1. The maximum absolute atomic E-state index is 12.1. The summed E-state index contributed by atoms with van der Waals surface area (Å²) in [6.07, 6.45) is 0. The minimum atomic E-state index is -0.249. The summed E-state index contributed by atoms with van der Waals surface area (Å²) in [5.41, 5.74) is 7.67. The van der Waals surface area contributed by atoms with Gasteiger partial charge in [-0.1, -0.05) is 39.0 Å². The zero-order valence-electron chi connectivity index (χ0n) is 11.3. The van der Waals surface area contributed by atoms with Crippen LogP contribution >= 0.6 is 0 Å². The molecule has 1 heterocycles. The average molecular weight is 258 g/mol. The molecule has 0 atom stereocenters. The lowest BCUT2D eigenvalue weighted by Gasteiger charge is -2.22. The number of benzene rings is 1. The van der Waals surface area contributed by atoms with Gasteiger partial charge in [-0.05, 0) is 17.0 Å². The molecule has 0 saturated heterocycles. The van der Waals surface area contributed by atoms with Crippen molar-refractivity contribution in [3.63, 3.8) is 0 Å². The summed E-state index contributed by atoms with van der Waals surface area (Å²) < 4.78 is 0. The zero-order chi connectivity index (χ0) is 14.0. The molecular formula is C14H18N4O. The molecule has 0 aliphatic heterocycles. The number of nitrogens with one attached hydrogen (secondary N) is 2. The molecule has 0 bridgehead atoms. The second-order valence-electron chi connectivity index (χ2n) is 5.46. The minimum absolute atomic E-state index is 0.0448. The van der Waals surface area contributed by atoms with E-state index in [4.69, 9.17) is 5.73 Å². The molecule has 1 amide bonds. The quantitative estimate of drug-likeness (QED) is 0.774. The van der Waals surface area contributed by atoms with Crippen LogP contribution in [0.25, 0.3) is 0 Å². The van der Waals surface area contributed by atoms with Crippen molar-refractivity contribution in [2.75, 3.05) is 11.1 Å². The Morgan fingerprint density at radius 2 is 2.00 bits per heavy atom. The Bertz CT molecular complexity index is 595. The second kappa shape index (κ2) is 4.76. The number of rotatable bonds is 2. The molecule has 1 aromatic carbocycles. The van der Waals surface area contributed by atoms with Crippen LogP contribution in [0.3, 0.4) is 0 Å². The Morgan fingerprint density at radius 1 is 1.32 bits per heavy atom. The van der Waals surface area contributed by atoms with E-state index in [0.717, 1.165) is 11.3 Å². The standard InChI is InChI=1S/C14H18N4O/c1-14(2,3)9-6-4-5-7-10(9)16-13(19)11-8-12(15)18-17-11/h4-8H,1-3H3,(H,16,19)(H3,15,17,18). The molecule has 0 spiro atoms. The van der Waals surface area contributed by atoms with Crippen LogP contribution in [0.2, 0.25) is 0 Å². The van der Waals surface area contributed by atoms with E-state index in [1.54, 1.807) is 0 Å². The van der Waals surface area contributed by atoms with E-state index < -0.39 is 0 Å². The van der Waals surface area contributed by atoms with Crippen molar-refractivity contribution < 1.29 is 4.79 Å². The Balaban J connectivity index is 2.27. The lowest BCUT2D eigenvalue weighted by atomic mass is 9.86. The highest BCUT2D eigenvalue weighted by molar-refractivity contribution is 6.03. The predicted molar refractivity (Wildman–Crippen MR) is 76.1 cm³/mol. The number of H-pyrrole nitrogens is 1. The van der Waals surface area contributed by atoms with Crippen LogP contribution in [-0.2, 0) is 5.41 Å². The largest absolute Gasteiger partial charge is 0.382 e. The third-order valence-electron chi connectivity index (χ3n) is 2.83. The summed E-state index contributed by atoms with van der Waals surface area (Å²) in [4.78, 5) is 12.1. The molecule has 2 rings (SSSR count). The molecule has 0 radical (unpaired) electrons. The van der Waals surface area contributed by atoms with E-state index in [2.05, 4.69) is 36.3 Å². The van der Waals surface area contributed by atoms with Crippen molar-refractivity contribution in [1.82, 2.24) is 10.2 Å². The SMILES string of the molecule is CC(C)(C)c1ccccc1NC(=O)c1cc(N)n[nH]1. The smallest absolute Gasteiger partial charge is 0.273 e. The molecule has 0 saturated carbocycles. The van der Waals surface area contributed by atoms with Crippen molar-refractivity contribution in [2.45, 2.75) is 26.2 Å². The number of amides is 1. The van der Waals surface area contributed by atoms with Gasteiger partial charge < -0.3 is 11.1 Å². The molecule has 2 aromatic rings. The van der Waals surface area contributed by atoms with E-state index in [9.17, 15) is 4.79 Å². The topological polar surface area (TPSA) is 83.8 Å². The number of nitrogens with two attached hydrogens (primary N) is 1. The lowest BCUT2D eigenvalue weighted by molar-refractivity contribution is 0.102. The van der Waals surface area contributed by atoms with Gasteiger partial charge in [0.05, 0.1) is 0 Å². The number of para-hydroxylation sites is 1. The van der Waals surface area contributed by atoms with Gasteiger partial charge in [0, 0.05) is 11.8 Å². The molecule has 0 aliphatic carbocycles. The third kappa shape index (κ3) is 2.93. The highest BCUT2D eigenvalue weighted by atomic mass is 16.1. The minimum Gasteiger partial charge on any atom is -0.382 e. The number of carbonyl (C=O) groups excluding carboxylic acids is 1. The lowest BCUT2D eigenvalue weighted by Crippen LogP contribution is -2.18. The maximum Gasteiger partial charge on any atom is 0.273 e. The fraction of sp³-hybridized carbons (Fsp3) is 0.286. The first kappa shape index (κ1) is 13.1. The fourth-order valence-corrected chi connectivity index (χ4v) is 1.89. The van der Waals surface area contributed by atoms with Gasteiger partial charge in [0.25, 0.3) is 5.91 Å². The van der Waals surface area contributed by atoms with Crippen LogP contribution in [0.4, 0.5) is 11.5 Å². The molecule has 4 N–H and O–H groups in total. The van der Waals surface area contributed by atoms with Crippen LogP contribution in [0, 0.1) is 0 Å². The van der Waals surface area contributed by atoms with Gasteiger partial charge in [0.2, 0.25) is 0 Å². The average Bonchev–Trinajstić information content (AvgIpc) is 2.75. The normalized spacial score (nSPS) is 11.3. The van der Waals surface area contributed by atoms with Crippen LogP contribution in [0.5, 0.6) is 0 Å². The zero-order valence-corrected chi connectivity index (χ0v) is 11.3. The van der Waals surface area contributed by atoms with Crippen molar-refractivity contribution in [2.24, 2.45) is 0 Å². The molecule has 5 heteroatoms. The Hall–Kier alpha value is -2.30. The van der Waals surface area contributed by atoms with E-state index in [0.29, 0.717) is 11.5 Å². The first-order valence-electron chi connectivity index (χ1n) is 6.09. The Kier molecular flexibility index (Phi) is 3.29. The van der Waals surface area contributed by atoms with Gasteiger partial charge in [-0.25, -0.2) is 0 Å². The van der Waals surface area contributed by atoms with Gasteiger partial charge in [-0.15, -0.1) is 0 Å². The van der Waals surface area contributed by atoms with Crippen molar-refractivity contribution in [3.8, 4) is 0 Å².